The summed E-state index contributed by atoms with van der Waals surface area (Å²) in [4.78, 5) is 24.5. The maximum absolute atomic E-state index is 12.0. The molecule has 124 valence electrons. The fraction of sp³-hybridized carbons (Fsp3) is 0.263. The summed E-state index contributed by atoms with van der Waals surface area (Å²) in [5.41, 5.74) is 2.95. The van der Waals surface area contributed by atoms with Crippen molar-refractivity contribution in [3.63, 3.8) is 0 Å². The molecule has 2 aromatic rings. The molecule has 1 amide bonds. The van der Waals surface area contributed by atoms with Gasteiger partial charge < -0.3 is 14.7 Å². The molecule has 1 atom stereocenters. The smallest absolute Gasteiger partial charge is 0.308 e. The highest BCUT2D eigenvalue weighted by Crippen LogP contribution is 2.29. The quantitative estimate of drug-likeness (QED) is 0.934. The molecule has 1 aliphatic heterocycles. The van der Waals surface area contributed by atoms with Gasteiger partial charge in [-0.05, 0) is 61.4 Å². The minimum atomic E-state index is -0.930. The van der Waals surface area contributed by atoms with Gasteiger partial charge in [-0.1, -0.05) is 6.07 Å². The number of aryl methyl sites for hydroxylation is 2. The topological polar surface area (TPSA) is 66.8 Å². The summed E-state index contributed by atoms with van der Waals surface area (Å²) in [6.45, 7) is 4.24. The molecule has 5 heteroatoms. The maximum Gasteiger partial charge on any atom is 0.308 e. The van der Waals surface area contributed by atoms with Crippen molar-refractivity contribution >= 4 is 17.6 Å². The van der Waals surface area contributed by atoms with E-state index in [-0.39, 0.29) is 18.9 Å². The molecule has 2 aromatic carbocycles. The number of anilines is 1. The second kappa shape index (κ2) is 6.35. The Balaban J connectivity index is 1.74. The van der Waals surface area contributed by atoms with Gasteiger partial charge in [0.05, 0.1) is 5.92 Å². The monoisotopic (exact) mass is 325 g/mol. The Morgan fingerprint density at radius 3 is 2.25 bits per heavy atom. The molecule has 0 radical (unpaired) electrons. The summed E-state index contributed by atoms with van der Waals surface area (Å²) >= 11 is 0. The van der Waals surface area contributed by atoms with Crippen LogP contribution in [0.25, 0.3) is 0 Å². The summed E-state index contributed by atoms with van der Waals surface area (Å²) < 4.78 is 5.85. The number of rotatable bonds is 4. The Kier molecular flexibility index (Phi) is 4.25. The van der Waals surface area contributed by atoms with Crippen LogP contribution in [0, 0.1) is 19.8 Å². The molecular weight excluding hydrogens is 306 g/mol. The van der Waals surface area contributed by atoms with Crippen LogP contribution in [-0.4, -0.2) is 23.5 Å². The van der Waals surface area contributed by atoms with Crippen LogP contribution in [0.3, 0.4) is 0 Å². The number of carboxylic acid groups (broad SMARTS) is 1. The molecule has 0 spiro atoms. The Bertz CT molecular complexity index is 762. The number of carboxylic acids is 1. The van der Waals surface area contributed by atoms with Crippen molar-refractivity contribution in [2.45, 2.75) is 20.3 Å². The van der Waals surface area contributed by atoms with Crippen LogP contribution < -0.4 is 9.64 Å². The van der Waals surface area contributed by atoms with Gasteiger partial charge in [0.15, 0.2) is 0 Å². The van der Waals surface area contributed by atoms with Gasteiger partial charge in [0.1, 0.15) is 11.5 Å². The molecule has 0 unspecified atom stereocenters. The minimum Gasteiger partial charge on any atom is -0.481 e. The number of ether oxygens (including phenoxy) is 1. The first-order valence-electron chi connectivity index (χ1n) is 7.82. The van der Waals surface area contributed by atoms with Crippen LogP contribution in [-0.2, 0) is 9.59 Å². The third-order valence-electron chi connectivity index (χ3n) is 4.05. The normalized spacial score (nSPS) is 17.2. The fourth-order valence-corrected chi connectivity index (χ4v) is 2.94. The van der Waals surface area contributed by atoms with E-state index in [4.69, 9.17) is 9.84 Å². The average Bonchev–Trinajstić information content (AvgIpc) is 2.89. The van der Waals surface area contributed by atoms with Gasteiger partial charge in [0.2, 0.25) is 5.91 Å². The lowest BCUT2D eigenvalue weighted by Crippen LogP contribution is -2.25. The van der Waals surface area contributed by atoms with Crippen LogP contribution >= 0.6 is 0 Å². The van der Waals surface area contributed by atoms with Crippen molar-refractivity contribution in [1.82, 2.24) is 0 Å². The van der Waals surface area contributed by atoms with Crippen molar-refractivity contribution in [3.8, 4) is 11.5 Å². The summed E-state index contributed by atoms with van der Waals surface area (Å²) in [5, 5.41) is 9.05. The predicted octanol–water partition coefficient (Wildman–Crippen LogP) is 3.53. The maximum atomic E-state index is 12.0. The number of aliphatic carboxylic acids is 1. The van der Waals surface area contributed by atoms with Gasteiger partial charge in [0, 0.05) is 18.7 Å². The van der Waals surface area contributed by atoms with E-state index in [1.54, 1.807) is 24.3 Å². The average molecular weight is 325 g/mol. The highest BCUT2D eigenvalue weighted by molar-refractivity contribution is 5.99. The van der Waals surface area contributed by atoms with Gasteiger partial charge in [-0.25, -0.2) is 0 Å². The van der Waals surface area contributed by atoms with Crippen LogP contribution in [0.5, 0.6) is 11.5 Å². The van der Waals surface area contributed by atoms with E-state index in [1.165, 1.54) is 4.90 Å². The SMILES string of the molecule is Cc1cc(C)cc(Oc2ccc(N3C[C@@H](C(=O)O)CC3=O)cc2)c1. The summed E-state index contributed by atoms with van der Waals surface area (Å²) in [7, 11) is 0. The number of benzene rings is 2. The molecule has 0 saturated carbocycles. The zero-order valence-electron chi connectivity index (χ0n) is 13.7. The highest BCUT2D eigenvalue weighted by atomic mass is 16.5. The third kappa shape index (κ3) is 3.40. The molecule has 1 saturated heterocycles. The van der Waals surface area contributed by atoms with Crippen molar-refractivity contribution in [2.24, 2.45) is 5.92 Å². The van der Waals surface area contributed by atoms with Gasteiger partial charge in [-0.15, -0.1) is 0 Å². The molecular formula is C19H19NO4. The molecule has 1 fully saturated rings. The first-order valence-corrected chi connectivity index (χ1v) is 7.82. The first-order chi connectivity index (χ1) is 11.4. The summed E-state index contributed by atoms with van der Waals surface area (Å²) in [6.07, 6.45) is 0.0517. The largest absolute Gasteiger partial charge is 0.481 e. The lowest BCUT2D eigenvalue weighted by molar-refractivity contribution is -0.141. The van der Waals surface area contributed by atoms with Crippen LogP contribution in [0.1, 0.15) is 17.5 Å². The van der Waals surface area contributed by atoms with E-state index in [1.807, 2.05) is 26.0 Å². The van der Waals surface area contributed by atoms with Gasteiger partial charge >= 0.3 is 5.97 Å². The molecule has 0 aromatic heterocycles. The fourth-order valence-electron chi connectivity index (χ4n) is 2.94. The molecule has 5 nitrogen and oxygen atoms in total. The van der Waals surface area contributed by atoms with Crippen molar-refractivity contribution in [3.05, 3.63) is 53.6 Å². The predicted molar refractivity (Wildman–Crippen MR) is 90.5 cm³/mol. The van der Waals surface area contributed by atoms with E-state index in [0.717, 1.165) is 16.9 Å². The van der Waals surface area contributed by atoms with E-state index >= 15 is 0 Å². The third-order valence-corrected chi connectivity index (χ3v) is 4.05. The summed E-state index contributed by atoms with van der Waals surface area (Å²) in [5.74, 6) is -0.289. The molecule has 1 N–H and O–H groups in total. The lowest BCUT2D eigenvalue weighted by atomic mass is 10.1. The molecule has 1 aliphatic rings. The van der Waals surface area contributed by atoms with Crippen molar-refractivity contribution in [1.29, 1.82) is 0 Å². The van der Waals surface area contributed by atoms with Gasteiger partial charge in [-0.3, -0.25) is 9.59 Å². The zero-order chi connectivity index (χ0) is 17.3. The van der Waals surface area contributed by atoms with Crippen LogP contribution in [0.15, 0.2) is 42.5 Å². The number of hydrogen-bond acceptors (Lipinski definition) is 3. The van der Waals surface area contributed by atoms with Crippen molar-refractivity contribution in [2.75, 3.05) is 11.4 Å². The van der Waals surface area contributed by atoms with E-state index in [2.05, 4.69) is 6.07 Å². The molecule has 3 rings (SSSR count). The Morgan fingerprint density at radius 1 is 1.08 bits per heavy atom. The van der Waals surface area contributed by atoms with Gasteiger partial charge in [-0.2, -0.15) is 0 Å². The standard InChI is InChI=1S/C19H19NO4/c1-12-7-13(2)9-17(8-12)24-16-5-3-15(4-6-16)20-11-14(19(22)23)10-18(20)21/h3-9,14H,10-11H2,1-2H3,(H,22,23)/t14-/m0/s1. The van der Waals surface area contributed by atoms with Gasteiger partial charge in [0.25, 0.3) is 0 Å². The highest BCUT2D eigenvalue weighted by Gasteiger charge is 2.34. The molecule has 1 heterocycles. The molecule has 0 aliphatic carbocycles. The van der Waals surface area contributed by atoms with Crippen molar-refractivity contribution < 1.29 is 19.4 Å². The Labute approximate surface area is 140 Å². The van der Waals surface area contributed by atoms with Crippen LogP contribution in [0.2, 0.25) is 0 Å². The van der Waals surface area contributed by atoms with E-state index in [0.29, 0.717) is 11.4 Å². The van der Waals surface area contributed by atoms with E-state index < -0.39 is 11.9 Å². The summed E-state index contributed by atoms with van der Waals surface area (Å²) in [6, 6.07) is 13.1. The molecule has 24 heavy (non-hydrogen) atoms. The Morgan fingerprint density at radius 2 is 1.71 bits per heavy atom. The Hall–Kier alpha value is -2.82. The first kappa shape index (κ1) is 16.1. The number of carbonyl (C=O) groups is 2. The number of amides is 1. The second-order valence-corrected chi connectivity index (χ2v) is 6.16. The lowest BCUT2D eigenvalue weighted by Gasteiger charge is -2.16. The number of carbonyl (C=O) groups excluding carboxylic acids is 1. The van der Waals surface area contributed by atoms with E-state index in [9.17, 15) is 9.59 Å². The number of nitrogens with zero attached hydrogens (tertiary/aromatic N) is 1. The second-order valence-electron chi connectivity index (χ2n) is 6.16. The molecule has 0 bridgehead atoms. The number of hydrogen-bond donors (Lipinski definition) is 1. The zero-order valence-corrected chi connectivity index (χ0v) is 13.7. The minimum absolute atomic E-state index is 0.0517. The van der Waals surface area contributed by atoms with Crippen LogP contribution in [0.4, 0.5) is 5.69 Å².